The summed E-state index contributed by atoms with van der Waals surface area (Å²) in [5.74, 6) is -1.62. The number of nitrogens with zero attached hydrogens (tertiary/aromatic N) is 1. The zero-order valence-corrected chi connectivity index (χ0v) is 11.5. The van der Waals surface area contributed by atoms with Crippen molar-refractivity contribution in [2.24, 2.45) is 0 Å². The highest BCUT2D eigenvalue weighted by atomic mass is 35.5. The summed E-state index contributed by atoms with van der Waals surface area (Å²) in [4.78, 5) is 35.8. The molecule has 0 radical (unpaired) electrons. The first kappa shape index (κ1) is 14.5. The average molecular weight is 296 g/mol. The zero-order chi connectivity index (χ0) is 14.7. The van der Waals surface area contributed by atoms with Gasteiger partial charge in [-0.3, -0.25) is 19.3 Å². The Morgan fingerprint density at radius 3 is 2.20 bits per heavy atom. The minimum absolute atomic E-state index is 0.286. The van der Waals surface area contributed by atoms with Gasteiger partial charge in [0.2, 0.25) is 0 Å². The van der Waals surface area contributed by atoms with Gasteiger partial charge in [0.05, 0.1) is 11.1 Å². The smallest absolute Gasteiger partial charge is 0.321 e. The molecule has 0 aliphatic carbocycles. The second-order valence-electron chi connectivity index (χ2n) is 4.61. The van der Waals surface area contributed by atoms with E-state index in [0.717, 1.165) is 0 Å². The fourth-order valence-electron chi connectivity index (χ4n) is 2.16. The van der Waals surface area contributed by atoms with Gasteiger partial charge >= 0.3 is 5.97 Å². The molecule has 2 rings (SSSR count). The molecule has 1 atom stereocenters. The van der Waals surface area contributed by atoms with Crippen LogP contribution in [-0.4, -0.2) is 39.7 Å². The predicted octanol–water partition coefficient (Wildman–Crippen LogP) is 2.14. The van der Waals surface area contributed by atoms with Gasteiger partial charge in [0.15, 0.2) is 0 Å². The summed E-state index contributed by atoms with van der Waals surface area (Å²) in [6, 6.07) is 6.71. The summed E-state index contributed by atoms with van der Waals surface area (Å²) in [5.41, 5.74) is 0.858. The van der Waals surface area contributed by atoms with Crippen molar-refractivity contribution < 1.29 is 19.5 Å². The van der Waals surface area contributed by atoms with E-state index in [0.29, 0.717) is 30.4 Å². The first-order valence-electron chi connectivity index (χ1n) is 6.34. The molecule has 1 heterocycles. The van der Waals surface area contributed by atoms with E-state index < -0.39 is 11.3 Å². The quantitative estimate of drug-likeness (QED) is 0.496. The molecule has 0 spiro atoms. The van der Waals surface area contributed by atoms with Gasteiger partial charge in [0.1, 0.15) is 5.38 Å². The van der Waals surface area contributed by atoms with Crippen molar-refractivity contribution in [2.45, 2.75) is 24.6 Å². The number of imide groups is 1. The van der Waals surface area contributed by atoms with Gasteiger partial charge in [-0.1, -0.05) is 12.1 Å². The lowest BCUT2D eigenvalue weighted by atomic mass is 10.1. The van der Waals surface area contributed by atoms with Crippen LogP contribution in [0.4, 0.5) is 0 Å². The van der Waals surface area contributed by atoms with Crippen molar-refractivity contribution >= 4 is 29.4 Å². The molecule has 1 unspecified atom stereocenters. The number of aliphatic carboxylic acids is 1. The molecule has 20 heavy (non-hydrogen) atoms. The van der Waals surface area contributed by atoms with Gasteiger partial charge in [-0.15, -0.1) is 11.6 Å². The van der Waals surface area contributed by atoms with E-state index in [1.54, 1.807) is 24.3 Å². The number of hydrogen-bond donors (Lipinski definition) is 1. The minimum atomic E-state index is -1.05. The van der Waals surface area contributed by atoms with E-state index in [4.69, 9.17) is 16.7 Å². The van der Waals surface area contributed by atoms with Crippen molar-refractivity contribution in [2.75, 3.05) is 6.54 Å². The van der Waals surface area contributed by atoms with Crippen molar-refractivity contribution in [3.63, 3.8) is 0 Å². The number of fused-ring (bicyclic) bond motifs is 1. The number of rotatable bonds is 6. The fourth-order valence-corrected chi connectivity index (χ4v) is 2.31. The highest BCUT2D eigenvalue weighted by molar-refractivity contribution is 6.29. The number of unbranched alkanes of at least 4 members (excludes halogenated alkanes) is 1. The van der Waals surface area contributed by atoms with E-state index in [1.807, 2.05) is 0 Å². The molecule has 0 aromatic heterocycles. The number of carbonyl (C=O) groups excluding carboxylic acids is 2. The normalized spacial score (nSPS) is 15.3. The molecule has 106 valence electrons. The topological polar surface area (TPSA) is 74.7 Å². The minimum Gasteiger partial charge on any atom is -0.480 e. The SMILES string of the molecule is O=C(O)C(Cl)CCCCN1C(=O)c2ccccc2C1=O. The van der Waals surface area contributed by atoms with Crippen molar-refractivity contribution in [3.8, 4) is 0 Å². The van der Waals surface area contributed by atoms with Crippen LogP contribution in [0.2, 0.25) is 0 Å². The Bertz CT molecular complexity index is 523. The second kappa shape index (κ2) is 6.05. The Balaban J connectivity index is 1.88. The third kappa shape index (κ3) is 2.82. The summed E-state index contributed by atoms with van der Waals surface area (Å²) < 4.78 is 0. The maximum Gasteiger partial charge on any atom is 0.321 e. The Kier molecular flexibility index (Phi) is 4.39. The number of carboxylic acids is 1. The molecular formula is C14H14ClNO4. The van der Waals surface area contributed by atoms with Crippen LogP contribution in [0.15, 0.2) is 24.3 Å². The molecule has 1 aromatic rings. The number of hydrogen-bond acceptors (Lipinski definition) is 3. The molecule has 0 saturated heterocycles. The average Bonchev–Trinajstić information content (AvgIpc) is 2.68. The van der Waals surface area contributed by atoms with Crippen LogP contribution in [0.5, 0.6) is 0 Å². The number of benzene rings is 1. The van der Waals surface area contributed by atoms with Gasteiger partial charge < -0.3 is 5.11 Å². The molecule has 0 fully saturated rings. The zero-order valence-electron chi connectivity index (χ0n) is 10.7. The van der Waals surface area contributed by atoms with Gasteiger partial charge in [-0.05, 0) is 31.4 Å². The van der Waals surface area contributed by atoms with E-state index in [1.165, 1.54) is 4.90 Å². The molecule has 5 nitrogen and oxygen atoms in total. The highest BCUT2D eigenvalue weighted by Crippen LogP contribution is 2.22. The Labute approximate surface area is 121 Å². The lowest BCUT2D eigenvalue weighted by Crippen LogP contribution is -2.30. The Morgan fingerprint density at radius 2 is 1.70 bits per heavy atom. The fraction of sp³-hybridized carbons (Fsp3) is 0.357. The van der Waals surface area contributed by atoms with E-state index in [2.05, 4.69) is 0 Å². The van der Waals surface area contributed by atoms with Gasteiger partial charge in [0.25, 0.3) is 11.8 Å². The van der Waals surface area contributed by atoms with Gasteiger partial charge in [-0.25, -0.2) is 0 Å². The largest absolute Gasteiger partial charge is 0.480 e. The van der Waals surface area contributed by atoms with E-state index >= 15 is 0 Å². The second-order valence-corrected chi connectivity index (χ2v) is 5.14. The van der Waals surface area contributed by atoms with Crippen molar-refractivity contribution in [3.05, 3.63) is 35.4 Å². The van der Waals surface area contributed by atoms with Gasteiger partial charge in [0, 0.05) is 6.54 Å². The first-order chi connectivity index (χ1) is 9.52. The standard InChI is InChI=1S/C14H14ClNO4/c15-11(14(19)20)7-3-4-8-16-12(17)9-5-1-2-6-10(9)13(16)18/h1-2,5-6,11H,3-4,7-8H2,(H,19,20). The molecule has 6 heteroatoms. The number of carboxylic acid groups (broad SMARTS) is 1. The number of alkyl halides is 1. The van der Waals surface area contributed by atoms with Crippen LogP contribution < -0.4 is 0 Å². The maximum absolute atomic E-state index is 12.0. The molecule has 1 aromatic carbocycles. The van der Waals surface area contributed by atoms with Crippen molar-refractivity contribution in [1.29, 1.82) is 0 Å². The maximum atomic E-state index is 12.0. The van der Waals surface area contributed by atoms with Crippen LogP contribution in [0.25, 0.3) is 0 Å². The van der Waals surface area contributed by atoms with Gasteiger partial charge in [-0.2, -0.15) is 0 Å². The molecule has 0 bridgehead atoms. The molecule has 0 saturated carbocycles. The molecular weight excluding hydrogens is 282 g/mol. The van der Waals surface area contributed by atoms with Crippen LogP contribution in [0, 0.1) is 0 Å². The van der Waals surface area contributed by atoms with Crippen LogP contribution >= 0.6 is 11.6 Å². The molecule has 1 aliphatic rings. The number of carbonyl (C=O) groups is 3. The molecule has 1 N–H and O–H groups in total. The monoisotopic (exact) mass is 295 g/mol. The van der Waals surface area contributed by atoms with Crippen LogP contribution in [0.1, 0.15) is 40.0 Å². The van der Waals surface area contributed by atoms with E-state index in [9.17, 15) is 14.4 Å². The van der Waals surface area contributed by atoms with Crippen molar-refractivity contribution in [1.82, 2.24) is 4.90 Å². The van der Waals surface area contributed by atoms with Crippen LogP contribution in [-0.2, 0) is 4.79 Å². The summed E-state index contributed by atoms with van der Waals surface area (Å²) in [6.07, 6.45) is 1.41. The number of amides is 2. The molecule has 1 aliphatic heterocycles. The van der Waals surface area contributed by atoms with E-state index in [-0.39, 0.29) is 18.4 Å². The summed E-state index contributed by atoms with van der Waals surface area (Å²) >= 11 is 5.59. The lowest BCUT2D eigenvalue weighted by Gasteiger charge is -2.13. The third-order valence-corrected chi connectivity index (χ3v) is 3.64. The predicted molar refractivity (Wildman–Crippen MR) is 72.9 cm³/mol. The Morgan fingerprint density at radius 1 is 1.15 bits per heavy atom. The lowest BCUT2D eigenvalue weighted by molar-refractivity contribution is -0.136. The summed E-state index contributed by atoms with van der Waals surface area (Å²) in [7, 11) is 0. The Hall–Kier alpha value is -1.88. The summed E-state index contributed by atoms with van der Waals surface area (Å²) in [5, 5.41) is 7.73. The van der Waals surface area contributed by atoms with Crippen LogP contribution in [0.3, 0.4) is 0 Å². The highest BCUT2D eigenvalue weighted by Gasteiger charge is 2.34. The third-order valence-electron chi connectivity index (χ3n) is 3.24. The number of halogens is 1. The molecule has 2 amide bonds. The first-order valence-corrected chi connectivity index (χ1v) is 6.78. The summed E-state index contributed by atoms with van der Waals surface area (Å²) in [6.45, 7) is 0.287.